The van der Waals surface area contributed by atoms with Crippen LogP contribution in [0, 0.1) is 0 Å². The second-order valence-corrected chi connectivity index (χ2v) is 2.92. The average Bonchev–Trinajstić information content (AvgIpc) is 2.15. The van der Waals surface area contributed by atoms with E-state index in [-0.39, 0.29) is 11.6 Å². The van der Waals surface area contributed by atoms with Gasteiger partial charge in [0.15, 0.2) is 5.75 Å². The number of benzene rings is 1. The summed E-state index contributed by atoms with van der Waals surface area (Å²) in [7, 11) is 0. The lowest BCUT2D eigenvalue weighted by atomic mass is 10.2. The second kappa shape index (κ2) is 4.59. The lowest BCUT2D eigenvalue weighted by Gasteiger charge is -2.13. The summed E-state index contributed by atoms with van der Waals surface area (Å²) >= 11 is 5.48. The first kappa shape index (κ1) is 11.9. The smallest absolute Gasteiger partial charge is 0.404 e. The molecule has 0 aliphatic carbocycles. The standard InChI is InChI=1S/C8H8ClF3N2O/c9-4-5-1-2-6(14-13)7(3-5)15-8(10,11)12/h1-3,14H,4,13H2. The van der Waals surface area contributed by atoms with Crippen LogP contribution >= 0.6 is 11.6 Å². The molecule has 0 fully saturated rings. The first-order valence-electron chi connectivity index (χ1n) is 3.87. The topological polar surface area (TPSA) is 47.3 Å². The number of hydrogen-bond acceptors (Lipinski definition) is 3. The third-order valence-electron chi connectivity index (χ3n) is 1.58. The zero-order valence-electron chi connectivity index (χ0n) is 7.44. The summed E-state index contributed by atoms with van der Waals surface area (Å²) < 4.78 is 39.7. The van der Waals surface area contributed by atoms with E-state index < -0.39 is 12.1 Å². The van der Waals surface area contributed by atoms with Gasteiger partial charge in [-0.05, 0) is 17.7 Å². The summed E-state index contributed by atoms with van der Waals surface area (Å²) in [5, 5.41) is 0. The monoisotopic (exact) mass is 240 g/mol. The van der Waals surface area contributed by atoms with Crippen LogP contribution in [0.15, 0.2) is 18.2 Å². The molecule has 0 atom stereocenters. The summed E-state index contributed by atoms with van der Waals surface area (Å²) in [6, 6.07) is 4.08. The molecule has 1 aromatic rings. The molecule has 3 N–H and O–H groups in total. The molecule has 7 heteroatoms. The van der Waals surface area contributed by atoms with Gasteiger partial charge >= 0.3 is 6.36 Å². The Labute approximate surface area is 88.9 Å². The molecule has 0 amide bonds. The number of nitrogen functional groups attached to an aromatic ring is 1. The number of nitrogens with one attached hydrogen (secondary N) is 1. The number of hydrogen-bond donors (Lipinski definition) is 2. The zero-order valence-corrected chi connectivity index (χ0v) is 8.19. The van der Waals surface area contributed by atoms with Crippen LogP contribution < -0.4 is 16.0 Å². The van der Waals surface area contributed by atoms with Gasteiger partial charge in [0, 0.05) is 5.88 Å². The molecule has 0 saturated heterocycles. The molecule has 0 spiro atoms. The molecule has 0 saturated carbocycles. The van der Waals surface area contributed by atoms with Gasteiger partial charge in [0.1, 0.15) is 0 Å². The van der Waals surface area contributed by atoms with Crippen molar-refractivity contribution in [2.24, 2.45) is 5.84 Å². The number of alkyl halides is 4. The van der Waals surface area contributed by atoms with Crippen LogP contribution in [0.3, 0.4) is 0 Å². The third kappa shape index (κ3) is 3.49. The van der Waals surface area contributed by atoms with Gasteiger partial charge in [-0.1, -0.05) is 6.07 Å². The van der Waals surface area contributed by atoms with Crippen LogP contribution in [-0.4, -0.2) is 6.36 Å². The largest absolute Gasteiger partial charge is 0.573 e. The maximum absolute atomic E-state index is 12.0. The van der Waals surface area contributed by atoms with Crippen molar-refractivity contribution in [3.05, 3.63) is 23.8 Å². The van der Waals surface area contributed by atoms with Gasteiger partial charge in [-0.2, -0.15) is 0 Å². The van der Waals surface area contributed by atoms with Crippen LogP contribution in [-0.2, 0) is 5.88 Å². The molecule has 15 heavy (non-hydrogen) atoms. The Bertz CT molecular complexity index is 343. The van der Waals surface area contributed by atoms with Crippen LogP contribution in [0.2, 0.25) is 0 Å². The van der Waals surface area contributed by atoms with Crippen molar-refractivity contribution in [3.63, 3.8) is 0 Å². The molecule has 0 aliphatic rings. The van der Waals surface area contributed by atoms with Gasteiger partial charge in [0.25, 0.3) is 0 Å². The molecule has 0 unspecified atom stereocenters. The van der Waals surface area contributed by atoms with Crippen LogP contribution in [0.4, 0.5) is 18.9 Å². The summed E-state index contributed by atoms with van der Waals surface area (Å²) in [6.45, 7) is 0. The van der Waals surface area contributed by atoms with Gasteiger partial charge in [0.05, 0.1) is 5.69 Å². The highest BCUT2D eigenvalue weighted by molar-refractivity contribution is 6.17. The van der Waals surface area contributed by atoms with Crippen molar-refractivity contribution in [1.29, 1.82) is 0 Å². The van der Waals surface area contributed by atoms with E-state index in [1.54, 1.807) is 6.07 Å². The molecule has 1 aromatic carbocycles. The molecular weight excluding hydrogens is 233 g/mol. The first-order chi connectivity index (χ1) is 6.96. The average molecular weight is 241 g/mol. The normalized spacial score (nSPS) is 11.3. The van der Waals surface area contributed by atoms with Gasteiger partial charge in [0.2, 0.25) is 0 Å². The molecule has 3 nitrogen and oxygen atoms in total. The fourth-order valence-electron chi connectivity index (χ4n) is 0.978. The minimum Gasteiger partial charge on any atom is -0.404 e. The molecule has 0 heterocycles. The third-order valence-corrected chi connectivity index (χ3v) is 1.89. The second-order valence-electron chi connectivity index (χ2n) is 2.66. The Morgan fingerprint density at radius 3 is 2.53 bits per heavy atom. The van der Waals surface area contributed by atoms with E-state index >= 15 is 0 Å². The summed E-state index contributed by atoms with van der Waals surface area (Å²) in [6.07, 6.45) is -4.75. The fraction of sp³-hybridized carbons (Fsp3) is 0.250. The SMILES string of the molecule is NNc1ccc(CCl)cc1OC(F)(F)F. The number of nitrogens with two attached hydrogens (primary N) is 1. The number of rotatable bonds is 3. The lowest BCUT2D eigenvalue weighted by Crippen LogP contribution is -2.19. The minimum absolute atomic E-state index is 0.0428. The van der Waals surface area contributed by atoms with Crippen molar-refractivity contribution in [2.45, 2.75) is 12.2 Å². The van der Waals surface area contributed by atoms with E-state index in [9.17, 15) is 13.2 Å². The van der Waals surface area contributed by atoms with Gasteiger partial charge in [-0.25, -0.2) is 0 Å². The molecule has 0 aromatic heterocycles. The predicted octanol–water partition coefficient (Wildman–Crippen LogP) is 2.61. The molecule has 84 valence electrons. The van der Waals surface area contributed by atoms with E-state index in [1.165, 1.54) is 12.1 Å². The summed E-state index contributed by atoms with van der Waals surface area (Å²) in [5.41, 5.74) is 2.65. The molecule has 1 rings (SSSR count). The molecular formula is C8H8ClF3N2O. The highest BCUT2D eigenvalue weighted by Gasteiger charge is 2.32. The van der Waals surface area contributed by atoms with Gasteiger partial charge in [-0.15, -0.1) is 24.8 Å². The van der Waals surface area contributed by atoms with Gasteiger partial charge in [-0.3, -0.25) is 5.84 Å². The fourth-order valence-corrected chi connectivity index (χ4v) is 1.14. The zero-order chi connectivity index (χ0) is 11.5. The van der Waals surface area contributed by atoms with E-state index in [1.807, 2.05) is 0 Å². The Morgan fingerprint density at radius 2 is 2.07 bits per heavy atom. The highest BCUT2D eigenvalue weighted by atomic mass is 35.5. The van der Waals surface area contributed by atoms with E-state index in [0.29, 0.717) is 5.56 Å². The summed E-state index contributed by atoms with van der Waals surface area (Å²) in [5.74, 6) is 4.73. The molecule has 0 radical (unpaired) electrons. The molecule has 0 bridgehead atoms. The Kier molecular flexibility index (Phi) is 3.65. The van der Waals surface area contributed by atoms with Crippen molar-refractivity contribution < 1.29 is 17.9 Å². The predicted molar refractivity (Wildman–Crippen MR) is 50.5 cm³/mol. The van der Waals surface area contributed by atoms with Crippen LogP contribution in [0.25, 0.3) is 0 Å². The van der Waals surface area contributed by atoms with Crippen molar-refractivity contribution in [1.82, 2.24) is 0 Å². The summed E-state index contributed by atoms with van der Waals surface area (Å²) in [4.78, 5) is 0. The molecule has 0 aliphatic heterocycles. The lowest BCUT2D eigenvalue weighted by molar-refractivity contribution is -0.274. The number of halogens is 4. The van der Waals surface area contributed by atoms with E-state index in [2.05, 4.69) is 10.2 Å². The highest BCUT2D eigenvalue weighted by Crippen LogP contribution is 2.31. The van der Waals surface area contributed by atoms with Crippen molar-refractivity contribution in [3.8, 4) is 5.75 Å². The van der Waals surface area contributed by atoms with Crippen molar-refractivity contribution in [2.75, 3.05) is 5.43 Å². The Hall–Kier alpha value is -1.14. The number of hydrazine groups is 1. The van der Waals surface area contributed by atoms with E-state index in [4.69, 9.17) is 17.4 Å². The first-order valence-corrected chi connectivity index (χ1v) is 4.41. The quantitative estimate of drug-likeness (QED) is 0.485. The van der Waals surface area contributed by atoms with Crippen LogP contribution in [0.5, 0.6) is 5.75 Å². The van der Waals surface area contributed by atoms with Gasteiger partial charge < -0.3 is 10.2 Å². The number of anilines is 1. The van der Waals surface area contributed by atoms with E-state index in [0.717, 1.165) is 0 Å². The Morgan fingerprint density at radius 1 is 1.40 bits per heavy atom. The number of ether oxygens (including phenoxy) is 1. The minimum atomic E-state index is -4.75. The maximum atomic E-state index is 12.0. The van der Waals surface area contributed by atoms with Crippen molar-refractivity contribution >= 4 is 17.3 Å². The van der Waals surface area contributed by atoms with Crippen LogP contribution in [0.1, 0.15) is 5.56 Å². The maximum Gasteiger partial charge on any atom is 0.573 e. The Balaban J connectivity index is 3.01.